The Hall–Kier alpha value is -1.75. The fraction of sp³-hybridized carbons (Fsp3) is 0.316. The molecule has 0 saturated carbocycles. The fourth-order valence-corrected chi connectivity index (χ4v) is 3.93. The van der Waals surface area contributed by atoms with E-state index in [9.17, 15) is 4.79 Å². The smallest absolute Gasteiger partial charge is 0.321 e. The van der Waals surface area contributed by atoms with Gasteiger partial charge in [-0.05, 0) is 48.0 Å². The number of fused-ring (bicyclic) bond motifs is 1. The van der Waals surface area contributed by atoms with Gasteiger partial charge in [-0.3, -0.25) is 4.90 Å². The zero-order valence-corrected chi connectivity index (χ0v) is 16.0. The summed E-state index contributed by atoms with van der Waals surface area (Å²) < 4.78 is 0. The second-order valence-electron chi connectivity index (χ2n) is 6.41. The zero-order valence-electron chi connectivity index (χ0n) is 14.5. The molecule has 3 rings (SSSR count). The number of carbonyl (C=O) groups excluding carboxylic acids is 1. The maximum Gasteiger partial charge on any atom is 0.321 e. The van der Waals surface area contributed by atoms with Crippen LogP contribution < -0.4 is 10.2 Å². The van der Waals surface area contributed by atoms with Crippen LogP contribution in [0.3, 0.4) is 0 Å². The number of hydrogen-bond donors (Lipinski definition) is 1. The maximum absolute atomic E-state index is 11.9. The first-order valence-electron chi connectivity index (χ1n) is 8.12. The summed E-state index contributed by atoms with van der Waals surface area (Å²) in [5, 5.41) is 4.00. The van der Waals surface area contributed by atoms with Crippen molar-refractivity contribution in [3.05, 3.63) is 63.1 Å². The van der Waals surface area contributed by atoms with Crippen molar-refractivity contribution < 1.29 is 4.79 Å². The van der Waals surface area contributed by atoms with E-state index in [1.165, 1.54) is 0 Å². The molecule has 0 bridgehead atoms. The molecule has 0 saturated heterocycles. The number of nitrogens with one attached hydrogen (secondary N) is 1. The van der Waals surface area contributed by atoms with E-state index in [0.29, 0.717) is 10.0 Å². The molecule has 25 heavy (non-hydrogen) atoms. The molecular formula is C19H21Cl2N3O. The van der Waals surface area contributed by atoms with Crippen LogP contribution in [-0.4, -0.2) is 38.6 Å². The number of anilines is 1. The van der Waals surface area contributed by atoms with E-state index in [2.05, 4.69) is 29.4 Å². The highest BCUT2D eigenvalue weighted by atomic mass is 35.5. The molecule has 1 atom stereocenters. The van der Waals surface area contributed by atoms with Gasteiger partial charge in [0.2, 0.25) is 0 Å². The SMILES string of the molecule is CNC(=O)N(C)c1cccc(C2CN(C)Cc3c(Cl)cc(Cl)cc32)c1. The minimum Gasteiger partial charge on any atom is -0.341 e. The maximum atomic E-state index is 11.9. The van der Waals surface area contributed by atoms with Crippen molar-refractivity contribution in [3.8, 4) is 0 Å². The quantitative estimate of drug-likeness (QED) is 0.844. The van der Waals surface area contributed by atoms with Gasteiger partial charge in [0.05, 0.1) is 0 Å². The summed E-state index contributed by atoms with van der Waals surface area (Å²) in [6, 6.07) is 11.7. The second-order valence-corrected chi connectivity index (χ2v) is 7.26. The van der Waals surface area contributed by atoms with Crippen LogP contribution in [0.1, 0.15) is 22.6 Å². The molecule has 2 amide bonds. The molecule has 2 aromatic rings. The number of amides is 2. The summed E-state index contributed by atoms with van der Waals surface area (Å²) in [4.78, 5) is 15.8. The summed E-state index contributed by atoms with van der Waals surface area (Å²) in [6.45, 7) is 1.68. The van der Waals surface area contributed by atoms with Crippen molar-refractivity contribution in [2.75, 3.05) is 32.6 Å². The Kier molecular flexibility index (Phi) is 5.23. The first-order valence-corrected chi connectivity index (χ1v) is 8.88. The molecule has 0 radical (unpaired) electrons. The number of urea groups is 1. The van der Waals surface area contributed by atoms with Gasteiger partial charge >= 0.3 is 6.03 Å². The summed E-state index contributed by atoms with van der Waals surface area (Å²) in [5.41, 5.74) is 4.27. The molecule has 1 aliphatic rings. The van der Waals surface area contributed by atoms with E-state index >= 15 is 0 Å². The van der Waals surface area contributed by atoms with Gasteiger partial charge < -0.3 is 10.2 Å². The van der Waals surface area contributed by atoms with Crippen LogP contribution in [0.4, 0.5) is 10.5 Å². The standard InChI is InChI=1S/C19H21Cl2N3O/c1-22-19(25)24(3)14-6-4-5-12(7-14)16-10-23(2)11-17-15(16)8-13(20)9-18(17)21/h4-9,16H,10-11H2,1-3H3,(H,22,25). The fourth-order valence-electron chi connectivity index (χ4n) is 3.37. The zero-order chi connectivity index (χ0) is 18.1. The molecule has 0 aliphatic carbocycles. The Labute approximate surface area is 158 Å². The van der Waals surface area contributed by atoms with Crippen LogP contribution >= 0.6 is 23.2 Å². The topological polar surface area (TPSA) is 35.6 Å². The van der Waals surface area contributed by atoms with Gasteiger partial charge in [-0.25, -0.2) is 4.79 Å². The van der Waals surface area contributed by atoms with Crippen molar-refractivity contribution in [2.24, 2.45) is 0 Å². The lowest BCUT2D eigenvalue weighted by atomic mass is 9.84. The van der Waals surface area contributed by atoms with E-state index in [1.54, 1.807) is 25.1 Å². The van der Waals surface area contributed by atoms with Crippen molar-refractivity contribution in [1.82, 2.24) is 10.2 Å². The third kappa shape index (κ3) is 3.61. The minimum absolute atomic E-state index is 0.149. The lowest BCUT2D eigenvalue weighted by Gasteiger charge is -2.33. The van der Waals surface area contributed by atoms with Gasteiger partial charge in [0.15, 0.2) is 0 Å². The average molecular weight is 378 g/mol. The van der Waals surface area contributed by atoms with Crippen LogP contribution in [0.5, 0.6) is 0 Å². The lowest BCUT2D eigenvalue weighted by Crippen LogP contribution is -2.35. The molecule has 4 nitrogen and oxygen atoms in total. The summed E-state index contributed by atoms with van der Waals surface area (Å²) >= 11 is 12.7. The molecule has 2 aromatic carbocycles. The number of benzene rings is 2. The number of hydrogen-bond acceptors (Lipinski definition) is 2. The molecule has 0 aromatic heterocycles. The number of carbonyl (C=O) groups is 1. The van der Waals surface area contributed by atoms with Crippen molar-refractivity contribution in [2.45, 2.75) is 12.5 Å². The van der Waals surface area contributed by atoms with E-state index < -0.39 is 0 Å². The highest BCUT2D eigenvalue weighted by Crippen LogP contribution is 2.39. The summed E-state index contributed by atoms with van der Waals surface area (Å²) in [5.74, 6) is 0.156. The Morgan fingerprint density at radius 1 is 1.28 bits per heavy atom. The van der Waals surface area contributed by atoms with Crippen LogP contribution in [0.2, 0.25) is 10.0 Å². The van der Waals surface area contributed by atoms with E-state index in [4.69, 9.17) is 23.2 Å². The molecule has 1 unspecified atom stereocenters. The van der Waals surface area contributed by atoms with Gasteiger partial charge in [-0.15, -0.1) is 0 Å². The first-order chi connectivity index (χ1) is 11.9. The van der Waals surface area contributed by atoms with Crippen LogP contribution in [0.15, 0.2) is 36.4 Å². The molecule has 0 spiro atoms. The molecule has 1 heterocycles. The molecule has 0 fully saturated rings. The molecular weight excluding hydrogens is 357 g/mol. The number of nitrogens with zero attached hydrogens (tertiary/aromatic N) is 2. The van der Waals surface area contributed by atoms with Gasteiger partial charge in [-0.1, -0.05) is 35.3 Å². The first kappa shape index (κ1) is 18.1. The normalized spacial score (nSPS) is 17.1. The minimum atomic E-state index is -0.149. The third-order valence-corrected chi connectivity index (χ3v) is 5.23. The lowest BCUT2D eigenvalue weighted by molar-refractivity contribution is 0.249. The highest BCUT2D eigenvalue weighted by molar-refractivity contribution is 6.35. The Bertz CT molecular complexity index is 809. The van der Waals surface area contributed by atoms with E-state index in [0.717, 1.165) is 35.5 Å². The molecule has 132 valence electrons. The Morgan fingerprint density at radius 2 is 2.04 bits per heavy atom. The predicted molar refractivity (Wildman–Crippen MR) is 104 cm³/mol. The van der Waals surface area contributed by atoms with Gasteiger partial charge in [0, 0.05) is 48.8 Å². The van der Waals surface area contributed by atoms with Gasteiger partial charge in [0.1, 0.15) is 0 Å². The third-order valence-electron chi connectivity index (χ3n) is 4.67. The predicted octanol–water partition coefficient (Wildman–Crippen LogP) is 4.35. The highest BCUT2D eigenvalue weighted by Gasteiger charge is 2.27. The Balaban J connectivity index is 2.05. The van der Waals surface area contributed by atoms with E-state index in [-0.39, 0.29) is 11.9 Å². The number of likely N-dealkylation sites (N-methyl/N-ethyl adjacent to an activating group) is 1. The molecule has 1 N–H and O–H groups in total. The number of rotatable bonds is 2. The molecule has 6 heteroatoms. The average Bonchev–Trinajstić information content (AvgIpc) is 2.60. The monoisotopic (exact) mass is 377 g/mol. The van der Waals surface area contributed by atoms with Gasteiger partial charge in [-0.2, -0.15) is 0 Å². The summed E-state index contributed by atoms with van der Waals surface area (Å²) in [7, 11) is 5.47. The van der Waals surface area contributed by atoms with Crippen molar-refractivity contribution in [1.29, 1.82) is 0 Å². The second kappa shape index (κ2) is 7.24. The van der Waals surface area contributed by atoms with Crippen LogP contribution in [0.25, 0.3) is 0 Å². The summed E-state index contributed by atoms with van der Waals surface area (Å²) in [6.07, 6.45) is 0. The Morgan fingerprint density at radius 3 is 2.76 bits per heavy atom. The van der Waals surface area contributed by atoms with Crippen LogP contribution in [0, 0.1) is 0 Å². The molecule has 1 aliphatic heterocycles. The van der Waals surface area contributed by atoms with Crippen molar-refractivity contribution >= 4 is 34.9 Å². The largest absolute Gasteiger partial charge is 0.341 e. The number of halogens is 2. The van der Waals surface area contributed by atoms with Crippen molar-refractivity contribution in [3.63, 3.8) is 0 Å². The van der Waals surface area contributed by atoms with Crippen LogP contribution in [-0.2, 0) is 6.54 Å². The van der Waals surface area contributed by atoms with E-state index in [1.807, 2.05) is 18.2 Å². The van der Waals surface area contributed by atoms with Gasteiger partial charge in [0.25, 0.3) is 0 Å².